The second-order valence-electron chi connectivity index (χ2n) is 5.31. The molecule has 2 heterocycles. The van der Waals surface area contributed by atoms with Gasteiger partial charge in [-0.2, -0.15) is 9.61 Å². The van der Waals surface area contributed by atoms with Crippen molar-refractivity contribution in [2.45, 2.75) is 6.92 Å². The number of hydrogen-bond donors (Lipinski definition) is 1. The molecule has 118 valence electrons. The Morgan fingerprint density at radius 1 is 1.12 bits per heavy atom. The van der Waals surface area contributed by atoms with Gasteiger partial charge in [-0.05, 0) is 42.8 Å². The van der Waals surface area contributed by atoms with Crippen molar-refractivity contribution in [1.29, 1.82) is 0 Å². The summed E-state index contributed by atoms with van der Waals surface area (Å²) in [5.41, 5.74) is 3.34. The van der Waals surface area contributed by atoms with Crippen molar-refractivity contribution in [1.82, 2.24) is 19.8 Å². The third-order valence-electron chi connectivity index (χ3n) is 3.67. The third-order valence-corrected chi connectivity index (χ3v) is 4.63. The van der Waals surface area contributed by atoms with E-state index < -0.39 is 0 Å². The van der Waals surface area contributed by atoms with Gasteiger partial charge in [0, 0.05) is 16.8 Å². The van der Waals surface area contributed by atoms with E-state index in [1.165, 1.54) is 11.3 Å². The summed E-state index contributed by atoms with van der Waals surface area (Å²) in [5.74, 6) is -0.111. The Kier molecular flexibility index (Phi) is 3.55. The molecule has 0 unspecified atom stereocenters. The number of anilines is 1. The molecule has 24 heavy (non-hydrogen) atoms. The van der Waals surface area contributed by atoms with E-state index in [2.05, 4.69) is 20.6 Å². The van der Waals surface area contributed by atoms with Crippen molar-refractivity contribution in [3.63, 3.8) is 0 Å². The number of rotatable bonds is 3. The van der Waals surface area contributed by atoms with Gasteiger partial charge in [0.05, 0.1) is 0 Å². The molecule has 0 aliphatic rings. The van der Waals surface area contributed by atoms with Crippen LogP contribution in [-0.2, 0) is 0 Å². The number of nitrogens with one attached hydrogen (secondary N) is 1. The molecule has 0 aliphatic heterocycles. The van der Waals surface area contributed by atoms with E-state index >= 15 is 0 Å². The number of nitrogens with zero attached hydrogens (tertiary/aromatic N) is 4. The molecule has 0 saturated carbocycles. The highest BCUT2D eigenvalue weighted by molar-refractivity contribution is 7.19. The first kappa shape index (κ1) is 14.5. The van der Waals surface area contributed by atoms with E-state index in [0.717, 1.165) is 26.8 Å². The van der Waals surface area contributed by atoms with Gasteiger partial charge < -0.3 is 5.32 Å². The van der Waals surface area contributed by atoms with Crippen LogP contribution in [0.2, 0.25) is 0 Å². The van der Waals surface area contributed by atoms with Crippen LogP contribution in [0.3, 0.4) is 0 Å². The van der Waals surface area contributed by atoms with E-state index in [1.54, 1.807) is 10.8 Å². The fourth-order valence-corrected chi connectivity index (χ4v) is 3.22. The van der Waals surface area contributed by atoms with Gasteiger partial charge in [-0.1, -0.05) is 29.5 Å². The molecule has 0 fully saturated rings. The molecule has 7 heteroatoms. The lowest BCUT2D eigenvalue weighted by Gasteiger charge is -2.07. The smallest absolute Gasteiger partial charge is 0.255 e. The summed E-state index contributed by atoms with van der Waals surface area (Å²) in [6.07, 6.45) is 1.58. The zero-order valence-corrected chi connectivity index (χ0v) is 13.6. The Labute approximate surface area is 141 Å². The topological polar surface area (TPSA) is 72.2 Å². The molecular weight excluding hydrogens is 322 g/mol. The van der Waals surface area contributed by atoms with Crippen LogP contribution in [0.5, 0.6) is 0 Å². The molecule has 2 aromatic heterocycles. The zero-order valence-electron chi connectivity index (χ0n) is 12.8. The highest BCUT2D eigenvalue weighted by atomic mass is 32.1. The number of hydrogen-bond acceptors (Lipinski definition) is 5. The van der Waals surface area contributed by atoms with Gasteiger partial charge >= 0.3 is 0 Å². The first-order valence-electron chi connectivity index (χ1n) is 7.35. The average molecular weight is 335 g/mol. The van der Waals surface area contributed by atoms with E-state index in [1.807, 2.05) is 55.5 Å². The quantitative estimate of drug-likeness (QED) is 0.623. The largest absolute Gasteiger partial charge is 0.322 e. The Balaban J connectivity index is 1.54. The second kappa shape index (κ2) is 5.86. The van der Waals surface area contributed by atoms with Crippen molar-refractivity contribution < 1.29 is 4.79 Å². The van der Waals surface area contributed by atoms with Crippen LogP contribution >= 0.6 is 11.3 Å². The van der Waals surface area contributed by atoms with Crippen LogP contribution < -0.4 is 5.32 Å². The fourth-order valence-electron chi connectivity index (χ4n) is 2.40. The van der Waals surface area contributed by atoms with Crippen molar-refractivity contribution >= 4 is 27.9 Å². The third kappa shape index (κ3) is 2.65. The van der Waals surface area contributed by atoms with Crippen molar-refractivity contribution in [3.8, 4) is 10.6 Å². The number of aromatic nitrogens is 4. The predicted molar refractivity (Wildman–Crippen MR) is 93.2 cm³/mol. The standard InChI is InChI=1S/C17H13N5OS/c1-11-4-2-3-5-14(11)15(23)19-13-8-6-12(7-9-13)16-21-22-10-18-20-17(22)24-16/h2-10H,1H3,(H,19,23). The Bertz CT molecular complexity index is 990. The maximum atomic E-state index is 12.3. The van der Waals surface area contributed by atoms with Crippen LogP contribution in [-0.4, -0.2) is 25.7 Å². The van der Waals surface area contributed by atoms with E-state index in [0.29, 0.717) is 5.56 Å². The molecule has 0 atom stereocenters. The molecule has 0 aliphatic carbocycles. The van der Waals surface area contributed by atoms with Gasteiger partial charge in [0.1, 0.15) is 11.3 Å². The molecule has 6 nitrogen and oxygen atoms in total. The van der Waals surface area contributed by atoms with Gasteiger partial charge in [0.15, 0.2) is 0 Å². The molecule has 0 bridgehead atoms. The first-order valence-corrected chi connectivity index (χ1v) is 8.16. The van der Waals surface area contributed by atoms with E-state index in [-0.39, 0.29) is 5.91 Å². The molecule has 4 aromatic rings. The maximum absolute atomic E-state index is 12.3. The van der Waals surface area contributed by atoms with Crippen molar-refractivity contribution in [2.24, 2.45) is 0 Å². The highest BCUT2D eigenvalue weighted by Crippen LogP contribution is 2.26. The molecule has 0 radical (unpaired) electrons. The first-order chi connectivity index (χ1) is 11.7. The minimum atomic E-state index is -0.111. The number of aryl methyl sites for hydroxylation is 1. The lowest BCUT2D eigenvalue weighted by molar-refractivity contribution is 0.102. The van der Waals surface area contributed by atoms with E-state index in [4.69, 9.17) is 0 Å². The average Bonchev–Trinajstić information content (AvgIpc) is 3.17. The Morgan fingerprint density at radius 3 is 2.67 bits per heavy atom. The molecular formula is C17H13N5OS. The summed E-state index contributed by atoms with van der Waals surface area (Å²) in [4.78, 5) is 13.1. The van der Waals surface area contributed by atoms with Crippen LogP contribution in [0, 0.1) is 6.92 Å². The summed E-state index contributed by atoms with van der Waals surface area (Å²) in [6, 6.07) is 15.1. The summed E-state index contributed by atoms with van der Waals surface area (Å²) in [7, 11) is 0. The number of carbonyl (C=O) groups is 1. The zero-order chi connectivity index (χ0) is 16.5. The molecule has 1 amide bonds. The van der Waals surface area contributed by atoms with Gasteiger partial charge in [0.25, 0.3) is 5.91 Å². The summed E-state index contributed by atoms with van der Waals surface area (Å²) in [6.45, 7) is 1.92. The van der Waals surface area contributed by atoms with Gasteiger partial charge in [-0.25, -0.2) is 0 Å². The number of carbonyl (C=O) groups excluding carboxylic acids is 1. The predicted octanol–water partition coefficient (Wildman–Crippen LogP) is 3.41. The van der Waals surface area contributed by atoms with Gasteiger partial charge in [0.2, 0.25) is 4.96 Å². The maximum Gasteiger partial charge on any atom is 0.255 e. The molecule has 1 N–H and O–H groups in total. The Hall–Kier alpha value is -3.06. The van der Waals surface area contributed by atoms with Crippen molar-refractivity contribution in [3.05, 3.63) is 66.0 Å². The Morgan fingerprint density at radius 2 is 1.92 bits per heavy atom. The van der Waals surface area contributed by atoms with Crippen LogP contribution in [0.1, 0.15) is 15.9 Å². The minimum absolute atomic E-state index is 0.111. The highest BCUT2D eigenvalue weighted by Gasteiger charge is 2.10. The molecule has 0 spiro atoms. The van der Waals surface area contributed by atoms with Crippen LogP contribution in [0.25, 0.3) is 15.5 Å². The number of amides is 1. The summed E-state index contributed by atoms with van der Waals surface area (Å²) in [5, 5.41) is 16.0. The lowest BCUT2D eigenvalue weighted by atomic mass is 10.1. The second-order valence-corrected chi connectivity index (χ2v) is 6.27. The monoisotopic (exact) mass is 335 g/mol. The van der Waals surface area contributed by atoms with E-state index in [9.17, 15) is 4.79 Å². The number of fused-ring (bicyclic) bond motifs is 1. The minimum Gasteiger partial charge on any atom is -0.322 e. The van der Waals surface area contributed by atoms with Crippen molar-refractivity contribution in [2.75, 3.05) is 5.32 Å². The van der Waals surface area contributed by atoms with Crippen LogP contribution in [0.15, 0.2) is 54.9 Å². The van der Waals surface area contributed by atoms with Gasteiger partial charge in [-0.15, -0.1) is 10.2 Å². The lowest BCUT2D eigenvalue weighted by Crippen LogP contribution is -2.13. The molecule has 2 aromatic carbocycles. The van der Waals surface area contributed by atoms with Crippen LogP contribution in [0.4, 0.5) is 5.69 Å². The molecule has 4 rings (SSSR count). The summed E-state index contributed by atoms with van der Waals surface area (Å²) >= 11 is 1.47. The molecule has 0 saturated heterocycles. The normalized spacial score (nSPS) is 10.9. The SMILES string of the molecule is Cc1ccccc1C(=O)Nc1ccc(-c2nn3cnnc3s2)cc1. The van der Waals surface area contributed by atoms with Gasteiger partial charge in [-0.3, -0.25) is 4.79 Å². The fraction of sp³-hybridized carbons (Fsp3) is 0.0588. The summed E-state index contributed by atoms with van der Waals surface area (Å²) < 4.78 is 1.65. The number of benzene rings is 2.